The Morgan fingerprint density at radius 2 is 1.95 bits per heavy atom. The molecule has 102 valence electrons. The van der Waals surface area contributed by atoms with Gasteiger partial charge < -0.3 is 0 Å². The van der Waals surface area contributed by atoms with Crippen molar-refractivity contribution in [2.75, 3.05) is 0 Å². The van der Waals surface area contributed by atoms with E-state index in [1.54, 1.807) is 6.07 Å². The van der Waals surface area contributed by atoms with Crippen LogP contribution in [-0.4, -0.2) is 14.8 Å². The van der Waals surface area contributed by atoms with Gasteiger partial charge in [-0.1, -0.05) is 36.4 Å². The third kappa shape index (κ3) is 2.37. The Morgan fingerprint density at radius 3 is 2.67 bits per heavy atom. The molecule has 2 aromatic carbocycles. The molecule has 0 aliphatic rings. The van der Waals surface area contributed by atoms with Crippen LogP contribution in [0.3, 0.4) is 0 Å². The summed E-state index contributed by atoms with van der Waals surface area (Å²) in [5, 5.41) is 16.3. The first-order valence-electron chi connectivity index (χ1n) is 6.44. The number of rotatable bonds is 2. The Kier molecular flexibility index (Phi) is 3.38. The molecular weight excluding hydrogens is 280 g/mol. The topological polar surface area (TPSA) is 57.4 Å². The van der Waals surface area contributed by atoms with E-state index in [2.05, 4.69) is 16.3 Å². The highest BCUT2D eigenvalue weighted by Gasteiger charge is 2.12. The van der Waals surface area contributed by atoms with Gasteiger partial charge >= 0.3 is 0 Å². The Labute approximate surface area is 127 Å². The zero-order chi connectivity index (χ0) is 14.8. The van der Waals surface area contributed by atoms with Gasteiger partial charge in [-0.25, -0.2) is 0 Å². The Morgan fingerprint density at radius 1 is 1.19 bits per heavy atom. The minimum atomic E-state index is 0.507. The number of aromatic amines is 1. The van der Waals surface area contributed by atoms with Gasteiger partial charge in [0.1, 0.15) is 0 Å². The van der Waals surface area contributed by atoms with Crippen LogP contribution in [0.4, 0.5) is 0 Å². The Hall–Kier alpha value is -2.71. The third-order valence-electron chi connectivity index (χ3n) is 3.28. The summed E-state index contributed by atoms with van der Waals surface area (Å²) in [6.07, 6.45) is 0. The molecule has 0 amide bonds. The number of aryl methyl sites for hydroxylation is 1. The minimum Gasteiger partial charge on any atom is -0.268 e. The summed E-state index contributed by atoms with van der Waals surface area (Å²) >= 11 is 5.36. The molecule has 3 aromatic rings. The summed E-state index contributed by atoms with van der Waals surface area (Å²) in [5.41, 5.74) is 3.46. The van der Waals surface area contributed by atoms with Gasteiger partial charge in [-0.2, -0.15) is 10.4 Å². The van der Waals surface area contributed by atoms with E-state index >= 15 is 0 Å². The molecule has 0 saturated heterocycles. The van der Waals surface area contributed by atoms with Crippen molar-refractivity contribution in [3.8, 4) is 23.1 Å². The molecule has 0 aliphatic carbocycles. The highest BCUT2D eigenvalue weighted by Crippen LogP contribution is 2.24. The number of nitrogens with one attached hydrogen (secondary N) is 1. The third-order valence-corrected chi connectivity index (χ3v) is 3.56. The molecule has 5 heteroatoms. The van der Waals surface area contributed by atoms with Crippen molar-refractivity contribution >= 4 is 12.2 Å². The molecule has 0 aliphatic heterocycles. The quantitative estimate of drug-likeness (QED) is 0.731. The van der Waals surface area contributed by atoms with E-state index in [-0.39, 0.29) is 0 Å². The summed E-state index contributed by atoms with van der Waals surface area (Å²) in [6, 6.07) is 17.5. The maximum Gasteiger partial charge on any atom is 0.200 e. The lowest BCUT2D eigenvalue weighted by atomic mass is 10.1. The molecule has 4 nitrogen and oxygen atoms in total. The van der Waals surface area contributed by atoms with Crippen molar-refractivity contribution in [3.63, 3.8) is 0 Å². The van der Waals surface area contributed by atoms with Crippen LogP contribution in [-0.2, 0) is 0 Å². The number of nitrogens with zero attached hydrogens (tertiary/aromatic N) is 3. The van der Waals surface area contributed by atoms with E-state index in [0.29, 0.717) is 10.3 Å². The molecule has 0 radical (unpaired) electrons. The summed E-state index contributed by atoms with van der Waals surface area (Å²) in [6.45, 7) is 1.99. The fraction of sp³-hybridized carbons (Fsp3) is 0.0625. The second-order valence-corrected chi connectivity index (χ2v) is 5.05. The molecule has 1 aromatic heterocycles. The molecule has 1 heterocycles. The average molecular weight is 292 g/mol. The number of nitriles is 1. The molecule has 0 bridgehead atoms. The first-order valence-corrected chi connectivity index (χ1v) is 6.85. The molecular formula is C16H12N4S. The van der Waals surface area contributed by atoms with Crippen molar-refractivity contribution in [1.29, 1.82) is 5.26 Å². The van der Waals surface area contributed by atoms with Crippen molar-refractivity contribution in [2.24, 2.45) is 0 Å². The molecule has 3 rings (SSSR count). The van der Waals surface area contributed by atoms with E-state index in [9.17, 15) is 0 Å². The lowest BCUT2D eigenvalue weighted by molar-refractivity contribution is 1.02. The van der Waals surface area contributed by atoms with Gasteiger partial charge in [-0.05, 0) is 36.8 Å². The van der Waals surface area contributed by atoms with Gasteiger partial charge in [0.15, 0.2) is 10.6 Å². The highest BCUT2D eigenvalue weighted by atomic mass is 32.1. The molecule has 0 atom stereocenters. The number of benzene rings is 2. The van der Waals surface area contributed by atoms with Crippen molar-refractivity contribution in [2.45, 2.75) is 6.92 Å². The van der Waals surface area contributed by atoms with E-state index in [1.165, 1.54) is 0 Å². The monoisotopic (exact) mass is 292 g/mol. The maximum atomic E-state index is 9.10. The smallest absolute Gasteiger partial charge is 0.200 e. The molecule has 0 spiro atoms. The first-order chi connectivity index (χ1) is 10.2. The number of aromatic nitrogens is 3. The summed E-state index contributed by atoms with van der Waals surface area (Å²) < 4.78 is 2.37. The molecule has 0 fully saturated rings. The Bertz CT molecular complexity index is 885. The van der Waals surface area contributed by atoms with E-state index in [1.807, 2.05) is 54.0 Å². The fourth-order valence-electron chi connectivity index (χ4n) is 2.22. The van der Waals surface area contributed by atoms with Crippen LogP contribution in [0.15, 0.2) is 48.5 Å². The average Bonchev–Trinajstić information content (AvgIpc) is 2.90. The predicted octanol–water partition coefficient (Wildman–Crippen LogP) is 3.78. The van der Waals surface area contributed by atoms with Crippen molar-refractivity contribution in [1.82, 2.24) is 14.8 Å². The van der Waals surface area contributed by atoms with Crippen molar-refractivity contribution in [3.05, 3.63) is 64.4 Å². The summed E-state index contributed by atoms with van der Waals surface area (Å²) in [5.74, 6) is 0.735. The van der Waals surface area contributed by atoms with Crippen LogP contribution in [0.1, 0.15) is 11.1 Å². The SMILES string of the molecule is Cc1ccc(C#N)cc1-n1c(-c2ccccc2)n[nH]c1=S. The van der Waals surface area contributed by atoms with Gasteiger partial charge in [0.2, 0.25) is 0 Å². The number of hydrogen-bond donors (Lipinski definition) is 1. The second-order valence-electron chi connectivity index (χ2n) is 4.67. The van der Waals surface area contributed by atoms with Gasteiger partial charge in [-0.3, -0.25) is 9.67 Å². The van der Waals surface area contributed by atoms with Crippen LogP contribution >= 0.6 is 12.2 Å². The molecule has 21 heavy (non-hydrogen) atoms. The highest BCUT2D eigenvalue weighted by molar-refractivity contribution is 7.71. The van der Waals surface area contributed by atoms with Crippen LogP contribution in [0.2, 0.25) is 0 Å². The normalized spacial score (nSPS) is 10.3. The Balaban J connectivity index is 2.28. The lowest BCUT2D eigenvalue weighted by Gasteiger charge is -2.10. The van der Waals surface area contributed by atoms with Gasteiger partial charge in [0.05, 0.1) is 17.3 Å². The second kappa shape index (κ2) is 5.35. The van der Waals surface area contributed by atoms with Gasteiger partial charge in [0.25, 0.3) is 0 Å². The predicted molar refractivity (Wildman–Crippen MR) is 83.6 cm³/mol. The fourth-order valence-corrected chi connectivity index (χ4v) is 2.45. The lowest BCUT2D eigenvalue weighted by Crippen LogP contribution is -2.00. The number of hydrogen-bond acceptors (Lipinski definition) is 3. The minimum absolute atomic E-state index is 0.507. The largest absolute Gasteiger partial charge is 0.268 e. The standard InChI is InChI=1S/C16H12N4S/c1-11-7-8-12(10-17)9-14(11)20-15(18-19-16(20)21)13-5-3-2-4-6-13/h2-9H,1H3,(H,19,21). The van der Waals surface area contributed by atoms with E-state index < -0.39 is 0 Å². The van der Waals surface area contributed by atoms with Crippen LogP contribution in [0.25, 0.3) is 17.1 Å². The van der Waals surface area contributed by atoms with E-state index in [4.69, 9.17) is 17.5 Å². The van der Waals surface area contributed by atoms with Gasteiger partial charge in [0, 0.05) is 5.56 Å². The molecule has 0 unspecified atom stereocenters. The van der Waals surface area contributed by atoms with E-state index in [0.717, 1.165) is 22.6 Å². The number of H-pyrrole nitrogens is 1. The molecule has 0 saturated carbocycles. The maximum absolute atomic E-state index is 9.10. The molecule has 1 N–H and O–H groups in total. The summed E-state index contributed by atoms with van der Waals surface area (Å²) in [7, 11) is 0. The van der Waals surface area contributed by atoms with Crippen molar-refractivity contribution < 1.29 is 0 Å². The van der Waals surface area contributed by atoms with Gasteiger partial charge in [-0.15, -0.1) is 0 Å². The van der Waals surface area contributed by atoms with Crippen LogP contribution in [0.5, 0.6) is 0 Å². The van der Waals surface area contributed by atoms with Crippen LogP contribution < -0.4 is 0 Å². The summed E-state index contributed by atoms with van der Waals surface area (Å²) in [4.78, 5) is 0. The van der Waals surface area contributed by atoms with Crippen LogP contribution in [0, 0.1) is 23.0 Å². The first kappa shape index (κ1) is 13.3. The zero-order valence-corrected chi connectivity index (χ0v) is 12.2. The zero-order valence-electron chi connectivity index (χ0n) is 11.4.